The maximum absolute atomic E-state index is 13.0. The summed E-state index contributed by atoms with van der Waals surface area (Å²) in [4.78, 5) is 13.0. The van der Waals surface area contributed by atoms with E-state index in [1.807, 2.05) is 42.8 Å². The van der Waals surface area contributed by atoms with Crippen molar-refractivity contribution in [3.05, 3.63) is 80.7 Å². The lowest BCUT2D eigenvalue weighted by atomic mass is 10.1. The fraction of sp³-hybridized carbons (Fsp3) is 0.238. The Morgan fingerprint density at radius 2 is 1.94 bits per heavy atom. The summed E-state index contributed by atoms with van der Waals surface area (Å²) in [6.07, 6.45) is 3.20. The van der Waals surface area contributed by atoms with Gasteiger partial charge in [-0.15, -0.1) is 0 Å². The Kier molecular flexibility index (Phi) is 5.84. The first-order valence-electron chi connectivity index (χ1n) is 9.55. The van der Waals surface area contributed by atoms with Crippen LogP contribution >= 0.6 is 23.2 Å². The average Bonchev–Trinajstić information content (AvgIpc) is 3.38. The van der Waals surface area contributed by atoms with Crippen molar-refractivity contribution in [3.63, 3.8) is 0 Å². The Labute approximate surface area is 188 Å². The minimum atomic E-state index is -0.381. The molecule has 0 unspecified atom stereocenters. The van der Waals surface area contributed by atoms with Crippen molar-refractivity contribution >= 4 is 34.8 Å². The van der Waals surface area contributed by atoms with Crippen LogP contribution in [0.5, 0.6) is 0 Å². The van der Waals surface area contributed by atoms with E-state index in [0.29, 0.717) is 45.8 Å². The molecule has 0 aliphatic rings. The number of carbonyl (C=O) groups excluding carboxylic acids is 1. The number of hydrogen-bond donors (Lipinski definition) is 1. The normalized spacial score (nSPS) is 11.1. The van der Waals surface area contributed by atoms with Gasteiger partial charge in [-0.1, -0.05) is 46.6 Å². The fourth-order valence-corrected chi connectivity index (χ4v) is 3.69. The van der Waals surface area contributed by atoms with Crippen LogP contribution in [0.15, 0.2) is 41.2 Å². The van der Waals surface area contributed by atoms with E-state index >= 15 is 0 Å². The molecular weight excluding hydrogens is 439 g/mol. The first kappa shape index (κ1) is 21.1. The zero-order valence-electron chi connectivity index (χ0n) is 17.2. The summed E-state index contributed by atoms with van der Waals surface area (Å²) in [6, 6.07) is 7.60. The van der Waals surface area contributed by atoms with Gasteiger partial charge in [-0.25, -0.2) is 0 Å². The molecule has 0 aliphatic carbocycles. The van der Waals surface area contributed by atoms with E-state index < -0.39 is 0 Å². The molecule has 3 heterocycles. The monoisotopic (exact) mass is 458 g/mol. The minimum absolute atomic E-state index is 0.196. The van der Waals surface area contributed by atoms with Gasteiger partial charge in [-0.2, -0.15) is 10.2 Å². The molecule has 0 radical (unpaired) electrons. The number of amides is 1. The smallest absolute Gasteiger partial charge is 0.278 e. The molecule has 0 saturated heterocycles. The molecule has 8 nitrogen and oxygen atoms in total. The second kappa shape index (κ2) is 8.56. The van der Waals surface area contributed by atoms with Gasteiger partial charge in [0.05, 0.1) is 41.4 Å². The maximum Gasteiger partial charge on any atom is 0.278 e. The Morgan fingerprint density at radius 1 is 1.16 bits per heavy atom. The predicted molar refractivity (Wildman–Crippen MR) is 118 cm³/mol. The van der Waals surface area contributed by atoms with Gasteiger partial charge in [0.25, 0.3) is 5.91 Å². The maximum atomic E-state index is 13.0. The quantitative estimate of drug-likeness (QED) is 0.453. The van der Waals surface area contributed by atoms with E-state index in [0.717, 1.165) is 11.3 Å². The first-order chi connectivity index (χ1) is 14.8. The molecule has 0 atom stereocenters. The van der Waals surface area contributed by atoms with Crippen molar-refractivity contribution in [3.8, 4) is 0 Å². The van der Waals surface area contributed by atoms with Crippen molar-refractivity contribution in [2.45, 2.75) is 33.9 Å². The summed E-state index contributed by atoms with van der Waals surface area (Å²) < 4.78 is 8.71. The van der Waals surface area contributed by atoms with Gasteiger partial charge in [0, 0.05) is 16.8 Å². The van der Waals surface area contributed by atoms with Gasteiger partial charge in [0.2, 0.25) is 0 Å². The summed E-state index contributed by atoms with van der Waals surface area (Å²) in [5.74, 6) is 0.160. The molecule has 1 N–H and O–H groups in total. The summed E-state index contributed by atoms with van der Waals surface area (Å²) in [6.45, 7) is 6.30. The van der Waals surface area contributed by atoms with Crippen LogP contribution in [0.1, 0.15) is 38.8 Å². The van der Waals surface area contributed by atoms with E-state index in [-0.39, 0.29) is 11.6 Å². The molecule has 1 aromatic carbocycles. The molecule has 0 fully saturated rings. The van der Waals surface area contributed by atoms with Gasteiger partial charge in [0.15, 0.2) is 5.69 Å². The number of hydrogen-bond acceptors (Lipinski definition) is 5. The number of halogens is 2. The van der Waals surface area contributed by atoms with Crippen LogP contribution in [0.2, 0.25) is 10.0 Å². The summed E-state index contributed by atoms with van der Waals surface area (Å²) >= 11 is 12.2. The SMILES string of the molecule is Cc1nn(Cc2ccccc2Cl)c(C)c1NC(=O)c1noc(C)c1Cn1cc(Cl)cn1. The van der Waals surface area contributed by atoms with Crippen LogP contribution in [-0.2, 0) is 13.1 Å². The highest BCUT2D eigenvalue weighted by molar-refractivity contribution is 6.31. The van der Waals surface area contributed by atoms with Crippen molar-refractivity contribution in [1.82, 2.24) is 24.7 Å². The molecule has 1 amide bonds. The Balaban J connectivity index is 1.57. The molecule has 4 rings (SSSR count). The van der Waals surface area contributed by atoms with Gasteiger partial charge in [0.1, 0.15) is 5.76 Å². The third kappa shape index (κ3) is 4.35. The molecule has 0 saturated carbocycles. The van der Waals surface area contributed by atoms with Crippen molar-refractivity contribution in [2.75, 3.05) is 5.32 Å². The standard InChI is InChI=1S/C21H20Cl2N6O2/c1-12-19(13(2)29(26-12)9-15-6-4-5-7-18(15)23)25-21(30)20-17(14(3)31-27-20)11-28-10-16(22)8-24-28/h4-8,10H,9,11H2,1-3H3,(H,25,30). The van der Waals surface area contributed by atoms with Crippen molar-refractivity contribution in [2.24, 2.45) is 0 Å². The average molecular weight is 459 g/mol. The number of rotatable bonds is 6. The number of aryl methyl sites for hydroxylation is 2. The third-order valence-corrected chi connectivity index (χ3v) is 5.58. The van der Waals surface area contributed by atoms with E-state index in [1.165, 1.54) is 6.20 Å². The van der Waals surface area contributed by atoms with Crippen LogP contribution in [0, 0.1) is 20.8 Å². The second-order valence-corrected chi connectivity index (χ2v) is 8.01. The highest BCUT2D eigenvalue weighted by atomic mass is 35.5. The molecule has 0 bridgehead atoms. The molecule has 0 spiro atoms. The molecule has 4 aromatic rings. The molecule has 3 aromatic heterocycles. The molecule has 31 heavy (non-hydrogen) atoms. The van der Waals surface area contributed by atoms with Crippen LogP contribution in [0.25, 0.3) is 0 Å². The highest BCUT2D eigenvalue weighted by Gasteiger charge is 2.23. The second-order valence-electron chi connectivity index (χ2n) is 7.17. The third-order valence-electron chi connectivity index (χ3n) is 5.02. The number of benzene rings is 1. The van der Waals surface area contributed by atoms with E-state index in [4.69, 9.17) is 27.7 Å². The lowest BCUT2D eigenvalue weighted by molar-refractivity contribution is 0.101. The fourth-order valence-electron chi connectivity index (χ4n) is 3.34. The zero-order chi connectivity index (χ0) is 22.1. The topological polar surface area (TPSA) is 90.8 Å². The van der Waals surface area contributed by atoms with Gasteiger partial charge in [-0.05, 0) is 32.4 Å². The summed E-state index contributed by atoms with van der Waals surface area (Å²) in [7, 11) is 0. The molecular formula is C21H20Cl2N6O2. The number of anilines is 1. The zero-order valence-corrected chi connectivity index (χ0v) is 18.7. The number of carbonyl (C=O) groups is 1. The van der Waals surface area contributed by atoms with Crippen molar-refractivity contribution < 1.29 is 9.32 Å². The minimum Gasteiger partial charge on any atom is -0.361 e. The largest absolute Gasteiger partial charge is 0.361 e. The Bertz CT molecular complexity index is 1260. The number of nitrogens with one attached hydrogen (secondary N) is 1. The Morgan fingerprint density at radius 3 is 2.65 bits per heavy atom. The van der Waals surface area contributed by atoms with E-state index in [9.17, 15) is 4.79 Å². The predicted octanol–water partition coefficient (Wildman–Crippen LogP) is 4.65. The number of aromatic nitrogens is 5. The first-order valence-corrected chi connectivity index (χ1v) is 10.3. The Hall–Kier alpha value is -3.10. The van der Waals surface area contributed by atoms with Crippen LogP contribution < -0.4 is 5.32 Å². The lowest BCUT2D eigenvalue weighted by Gasteiger charge is -2.08. The molecule has 0 aliphatic heterocycles. The van der Waals surface area contributed by atoms with Crippen LogP contribution in [-0.4, -0.2) is 30.6 Å². The van der Waals surface area contributed by atoms with E-state index in [2.05, 4.69) is 20.7 Å². The highest BCUT2D eigenvalue weighted by Crippen LogP contribution is 2.24. The van der Waals surface area contributed by atoms with Crippen molar-refractivity contribution in [1.29, 1.82) is 0 Å². The van der Waals surface area contributed by atoms with E-state index in [1.54, 1.807) is 17.8 Å². The van der Waals surface area contributed by atoms with Gasteiger partial charge in [-0.3, -0.25) is 14.2 Å². The summed E-state index contributed by atoms with van der Waals surface area (Å²) in [5, 5.41) is 16.8. The molecule has 10 heteroatoms. The molecule has 160 valence electrons. The number of nitrogens with zero attached hydrogens (tertiary/aromatic N) is 5. The van der Waals surface area contributed by atoms with Crippen LogP contribution in [0.3, 0.4) is 0 Å². The lowest BCUT2D eigenvalue weighted by Crippen LogP contribution is -2.17. The van der Waals surface area contributed by atoms with Gasteiger partial charge < -0.3 is 9.84 Å². The van der Waals surface area contributed by atoms with Crippen LogP contribution in [0.4, 0.5) is 5.69 Å². The van der Waals surface area contributed by atoms with Gasteiger partial charge >= 0.3 is 0 Å². The summed E-state index contributed by atoms with van der Waals surface area (Å²) in [5.41, 5.74) is 3.91.